The molecule has 1 aliphatic heterocycles. The predicted octanol–water partition coefficient (Wildman–Crippen LogP) is 1.71. The van der Waals surface area contributed by atoms with Gasteiger partial charge in [-0.1, -0.05) is 23.6 Å². The van der Waals surface area contributed by atoms with Crippen molar-refractivity contribution in [3.05, 3.63) is 0 Å². The molecule has 1 unspecified atom stereocenters. The Hall–Kier alpha value is 0.460. The number of rotatable bonds is 5. The summed E-state index contributed by atoms with van der Waals surface area (Å²) in [6.07, 6.45) is 5.30. The van der Waals surface area contributed by atoms with Crippen LogP contribution in [0.2, 0.25) is 0 Å². The smallest absolute Gasteiger partial charge is 0.0835 e. The quantitative estimate of drug-likeness (QED) is 0.552. The van der Waals surface area contributed by atoms with E-state index in [0.29, 0.717) is 11.9 Å². The van der Waals surface area contributed by atoms with Gasteiger partial charge >= 0.3 is 0 Å². The van der Waals surface area contributed by atoms with Crippen molar-refractivity contribution in [2.45, 2.75) is 37.4 Å². The Morgan fingerprint density at radius 1 is 1.42 bits per heavy atom. The summed E-state index contributed by atoms with van der Waals surface area (Å²) in [4.78, 5) is 0. The fourth-order valence-corrected chi connectivity index (χ4v) is 4.85. The van der Waals surface area contributed by atoms with E-state index in [-0.39, 0.29) is 0 Å². The number of aliphatic hydroxyl groups excluding tert-OH is 1. The van der Waals surface area contributed by atoms with Crippen LogP contribution in [-0.4, -0.2) is 26.9 Å². The Morgan fingerprint density at radius 3 is 2.83 bits per heavy atom. The second-order valence-electron chi connectivity index (χ2n) is 3.07. The molecule has 0 bridgehead atoms. The molecule has 0 aliphatic carbocycles. The first-order valence-electron chi connectivity index (χ1n) is 4.49. The van der Waals surface area contributed by atoms with Crippen molar-refractivity contribution in [1.82, 2.24) is 0 Å². The first kappa shape index (κ1) is 10.5. The van der Waals surface area contributed by atoms with Crippen molar-refractivity contribution < 1.29 is 9.32 Å². The van der Waals surface area contributed by atoms with E-state index >= 15 is 0 Å². The lowest BCUT2D eigenvalue weighted by Gasteiger charge is -2.05. The van der Waals surface area contributed by atoms with E-state index in [9.17, 15) is 4.21 Å². The van der Waals surface area contributed by atoms with Gasteiger partial charge in [0.15, 0.2) is 0 Å². The zero-order valence-corrected chi connectivity index (χ0v) is 8.83. The van der Waals surface area contributed by atoms with Crippen LogP contribution in [0.25, 0.3) is 0 Å². The van der Waals surface area contributed by atoms with Gasteiger partial charge in [0, 0.05) is 17.6 Å². The van der Waals surface area contributed by atoms with E-state index in [4.69, 9.17) is 5.11 Å². The average molecular weight is 208 g/mol. The van der Waals surface area contributed by atoms with Gasteiger partial charge in [0.05, 0.1) is 9.83 Å². The second kappa shape index (κ2) is 6.00. The van der Waals surface area contributed by atoms with E-state index in [1.165, 1.54) is 0 Å². The molecule has 2 atom stereocenters. The number of hydrogen-bond acceptors (Lipinski definition) is 3. The minimum atomic E-state index is -0.612. The number of hydrogen-bond donors (Lipinski definition) is 1. The summed E-state index contributed by atoms with van der Waals surface area (Å²) < 4.78 is 11.3. The van der Waals surface area contributed by atoms with Crippen LogP contribution in [0, 0.1) is 0 Å². The monoisotopic (exact) mass is 208 g/mol. The lowest BCUT2D eigenvalue weighted by atomic mass is 10.1. The Kier molecular flexibility index (Phi) is 5.27. The molecule has 0 aromatic rings. The summed E-state index contributed by atoms with van der Waals surface area (Å²) in [5, 5.41) is 8.98. The van der Waals surface area contributed by atoms with Crippen LogP contribution < -0.4 is 0 Å². The summed E-state index contributed by atoms with van der Waals surface area (Å²) in [5.74, 6) is 1.07. The van der Waals surface area contributed by atoms with Crippen LogP contribution in [0.4, 0.5) is 0 Å². The highest BCUT2D eigenvalue weighted by atomic mass is 33.1. The highest BCUT2D eigenvalue weighted by molar-refractivity contribution is 8.69. The van der Waals surface area contributed by atoms with Crippen molar-refractivity contribution in [2.24, 2.45) is 0 Å². The predicted molar refractivity (Wildman–Crippen MR) is 54.6 cm³/mol. The van der Waals surface area contributed by atoms with Gasteiger partial charge in [-0.2, -0.15) is 0 Å². The van der Waals surface area contributed by atoms with Crippen molar-refractivity contribution >= 4 is 20.6 Å². The van der Waals surface area contributed by atoms with Crippen LogP contribution in [-0.2, 0) is 9.83 Å². The normalized spacial score (nSPS) is 29.4. The molecule has 0 aromatic carbocycles. The maximum Gasteiger partial charge on any atom is 0.0835 e. The van der Waals surface area contributed by atoms with Gasteiger partial charge < -0.3 is 5.11 Å². The summed E-state index contributed by atoms with van der Waals surface area (Å²) in [6.45, 7) is 0.294. The molecule has 1 fully saturated rings. The van der Waals surface area contributed by atoms with Gasteiger partial charge in [0.25, 0.3) is 0 Å². The van der Waals surface area contributed by atoms with Gasteiger partial charge in [0.2, 0.25) is 0 Å². The molecule has 2 nitrogen and oxygen atoms in total. The summed E-state index contributed by atoms with van der Waals surface area (Å²) in [6, 6.07) is 0. The third-order valence-corrected chi connectivity index (χ3v) is 5.76. The largest absolute Gasteiger partial charge is 0.396 e. The average Bonchev–Trinajstić information content (AvgIpc) is 2.46. The topological polar surface area (TPSA) is 37.3 Å². The van der Waals surface area contributed by atoms with Crippen LogP contribution >= 0.6 is 10.8 Å². The van der Waals surface area contributed by atoms with Gasteiger partial charge in [-0.15, -0.1) is 0 Å². The zero-order chi connectivity index (χ0) is 8.81. The standard InChI is InChI=1S/C8H16O2S2/c9-6-3-1-2-4-8-5-7-11-12(8)10/h8-9H,1-7H2/t8-,12?/m0/s1. The molecular formula is C8H16O2S2. The number of aliphatic hydroxyl groups is 1. The Labute approximate surface area is 80.0 Å². The molecule has 0 aromatic heterocycles. The first-order valence-corrected chi connectivity index (χ1v) is 7.21. The summed E-state index contributed by atoms with van der Waals surface area (Å²) >= 11 is 0. The Morgan fingerprint density at radius 2 is 2.25 bits per heavy atom. The van der Waals surface area contributed by atoms with Gasteiger partial charge in [-0.3, -0.25) is 0 Å². The lowest BCUT2D eigenvalue weighted by Crippen LogP contribution is -2.06. The molecule has 4 heteroatoms. The van der Waals surface area contributed by atoms with E-state index in [0.717, 1.165) is 37.9 Å². The molecule has 0 spiro atoms. The maximum atomic E-state index is 11.3. The molecule has 0 amide bonds. The first-order chi connectivity index (χ1) is 5.84. The third kappa shape index (κ3) is 3.46. The van der Waals surface area contributed by atoms with Crippen molar-refractivity contribution in [3.63, 3.8) is 0 Å². The SMILES string of the molecule is O=S1SCC[C@@H]1CCCCCO. The molecule has 1 N–H and O–H groups in total. The minimum absolute atomic E-state index is 0.294. The Balaban J connectivity index is 2.02. The molecule has 0 saturated carbocycles. The van der Waals surface area contributed by atoms with Crippen LogP contribution in [0.1, 0.15) is 32.1 Å². The maximum absolute atomic E-state index is 11.3. The van der Waals surface area contributed by atoms with Crippen molar-refractivity contribution in [3.8, 4) is 0 Å². The highest BCUT2D eigenvalue weighted by Crippen LogP contribution is 2.29. The second-order valence-corrected chi connectivity index (χ2v) is 6.59. The number of unbranched alkanes of at least 4 members (excludes halogenated alkanes) is 2. The lowest BCUT2D eigenvalue weighted by molar-refractivity contribution is 0.282. The minimum Gasteiger partial charge on any atom is -0.396 e. The molecule has 1 heterocycles. The Bertz CT molecular complexity index is 150. The fraction of sp³-hybridized carbons (Fsp3) is 1.00. The molecule has 1 aliphatic rings. The molecule has 0 radical (unpaired) electrons. The van der Waals surface area contributed by atoms with Crippen LogP contribution in [0.3, 0.4) is 0 Å². The summed E-state index contributed by atoms with van der Waals surface area (Å²) in [7, 11) is 0.980. The van der Waals surface area contributed by atoms with E-state index in [1.54, 1.807) is 10.8 Å². The zero-order valence-electron chi connectivity index (χ0n) is 7.20. The van der Waals surface area contributed by atoms with E-state index < -0.39 is 9.83 Å². The van der Waals surface area contributed by atoms with Crippen LogP contribution in [0.5, 0.6) is 0 Å². The van der Waals surface area contributed by atoms with Crippen molar-refractivity contribution in [2.75, 3.05) is 12.4 Å². The molecule has 12 heavy (non-hydrogen) atoms. The van der Waals surface area contributed by atoms with E-state index in [1.807, 2.05) is 0 Å². The van der Waals surface area contributed by atoms with E-state index in [2.05, 4.69) is 0 Å². The highest BCUT2D eigenvalue weighted by Gasteiger charge is 2.22. The summed E-state index contributed by atoms with van der Waals surface area (Å²) in [5.41, 5.74) is 0. The van der Waals surface area contributed by atoms with Gasteiger partial charge in [-0.25, -0.2) is 4.21 Å². The molecular weight excluding hydrogens is 192 g/mol. The van der Waals surface area contributed by atoms with Gasteiger partial charge in [-0.05, 0) is 19.3 Å². The van der Waals surface area contributed by atoms with Crippen molar-refractivity contribution in [1.29, 1.82) is 0 Å². The fourth-order valence-electron chi connectivity index (χ4n) is 1.36. The van der Waals surface area contributed by atoms with Crippen LogP contribution in [0.15, 0.2) is 0 Å². The third-order valence-electron chi connectivity index (χ3n) is 2.10. The van der Waals surface area contributed by atoms with Gasteiger partial charge in [0.1, 0.15) is 0 Å². The molecule has 1 rings (SSSR count). The molecule has 72 valence electrons. The molecule has 1 saturated heterocycles.